The molecule has 0 unspecified atom stereocenters. The van der Waals surface area contributed by atoms with Crippen LogP contribution in [-0.4, -0.2) is 5.88 Å². The predicted octanol–water partition coefficient (Wildman–Crippen LogP) is 2.14. The van der Waals surface area contributed by atoms with Crippen molar-refractivity contribution in [1.82, 2.24) is 0 Å². The van der Waals surface area contributed by atoms with E-state index in [0.717, 1.165) is 6.07 Å². The van der Waals surface area contributed by atoms with E-state index in [0.29, 0.717) is 0 Å². The summed E-state index contributed by atoms with van der Waals surface area (Å²) in [5.41, 5.74) is 5.35. The molecule has 0 aromatic heterocycles. The SMILES string of the molecule is Nc1ccc(F)c(F)c1C#CCCl. The fourth-order valence-electron chi connectivity index (χ4n) is 0.814. The Bertz CT molecular complexity index is 379. The van der Waals surface area contributed by atoms with Crippen LogP contribution in [0.3, 0.4) is 0 Å². The molecule has 0 bridgehead atoms. The molecule has 2 N–H and O–H groups in total. The maximum absolute atomic E-state index is 13.0. The van der Waals surface area contributed by atoms with E-state index >= 15 is 0 Å². The van der Waals surface area contributed by atoms with Crippen molar-refractivity contribution < 1.29 is 8.78 Å². The third-order valence-corrected chi connectivity index (χ3v) is 1.54. The molecule has 0 atom stereocenters. The van der Waals surface area contributed by atoms with E-state index in [4.69, 9.17) is 17.3 Å². The second-order valence-corrected chi connectivity index (χ2v) is 2.53. The molecule has 1 aromatic rings. The number of nitrogen functional groups attached to an aromatic ring is 1. The van der Waals surface area contributed by atoms with Crippen LogP contribution in [0.5, 0.6) is 0 Å². The molecule has 1 nitrogen and oxygen atoms in total. The van der Waals surface area contributed by atoms with Crippen LogP contribution >= 0.6 is 11.6 Å². The smallest absolute Gasteiger partial charge is 0.176 e. The largest absolute Gasteiger partial charge is 0.398 e. The summed E-state index contributed by atoms with van der Waals surface area (Å²) in [5, 5.41) is 0. The van der Waals surface area contributed by atoms with Gasteiger partial charge in [0.25, 0.3) is 0 Å². The second-order valence-electron chi connectivity index (χ2n) is 2.26. The number of halogens is 3. The van der Waals surface area contributed by atoms with E-state index in [9.17, 15) is 8.78 Å². The lowest BCUT2D eigenvalue weighted by molar-refractivity contribution is 0.507. The molecule has 0 saturated heterocycles. The summed E-state index contributed by atoms with van der Waals surface area (Å²) in [6.07, 6.45) is 0. The maximum atomic E-state index is 13.0. The zero-order valence-corrected chi connectivity index (χ0v) is 7.33. The van der Waals surface area contributed by atoms with Crippen LogP contribution in [0.2, 0.25) is 0 Å². The van der Waals surface area contributed by atoms with Crippen molar-refractivity contribution in [3.05, 3.63) is 29.3 Å². The highest BCUT2D eigenvalue weighted by Crippen LogP contribution is 2.17. The van der Waals surface area contributed by atoms with Gasteiger partial charge in [-0.1, -0.05) is 11.8 Å². The van der Waals surface area contributed by atoms with Crippen LogP contribution in [0.4, 0.5) is 14.5 Å². The minimum absolute atomic E-state index is 0.0510. The van der Waals surface area contributed by atoms with E-state index in [1.165, 1.54) is 6.07 Å². The van der Waals surface area contributed by atoms with E-state index in [2.05, 4.69) is 11.8 Å². The molecular weight excluding hydrogens is 196 g/mol. The highest BCUT2D eigenvalue weighted by molar-refractivity contribution is 6.19. The summed E-state index contributed by atoms with van der Waals surface area (Å²) < 4.78 is 25.6. The van der Waals surface area contributed by atoms with Gasteiger partial charge in [0.05, 0.1) is 17.1 Å². The maximum Gasteiger partial charge on any atom is 0.176 e. The average molecular weight is 202 g/mol. The molecule has 4 heteroatoms. The molecule has 0 aliphatic carbocycles. The molecular formula is C9H6ClF2N. The molecule has 0 saturated carbocycles. The van der Waals surface area contributed by atoms with Gasteiger partial charge in [-0.25, -0.2) is 8.78 Å². The van der Waals surface area contributed by atoms with Crippen LogP contribution in [0.25, 0.3) is 0 Å². The first-order valence-electron chi connectivity index (χ1n) is 3.45. The fourth-order valence-corrected chi connectivity index (χ4v) is 0.881. The molecule has 1 rings (SSSR count). The van der Waals surface area contributed by atoms with Crippen LogP contribution in [0.15, 0.2) is 12.1 Å². The third kappa shape index (κ3) is 2.10. The number of nitrogens with two attached hydrogens (primary N) is 1. The Kier molecular flexibility index (Phi) is 3.10. The first-order chi connectivity index (χ1) is 6.16. The van der Waals surface area contributed by atoms with Gasteiger partial charge < -0.3 is 5.73 Å². The molecule has 0 amide bonds. The van der Waals surface area contributed by atoms with E-state index in [1.54, 1.807) is 0 Å². The van der Waals surface area contributed by atoms with Gasteiger partial charge in [-0.2, -0.15) is 0 Å². The van der Waals surface area contributed by atoms with Gasteiger partial charge in [-0.05, 0) is 12.1 Å². The molecule has 0 aliphatic heterocycles. The molecule has 1 aromatic carbocycles. The normalized spacial score (nSPS) is 9.15. The number of hydrogen-bond donors (Lipinski definition) is 1. The van der Waals surface area contributed by atoms with Crippen LogP contribution < -0.4 is 5.73 Å². The topological polar surface area (TPSA) is 26.0 Å². The van der Waals surface area contributed by atoms with Gasteiger partial charge in [0, 0.05) is 0 Å². The molecule has 0 radical (unpaired) electrons. The highest BCUT2D eigenvalue weighted by atomic mass is 35.5. The lowest BCUT2D eigenvalue weighted by atomic mass is 10.1. The zero-order valence-electron chi connectivity index (χ0n) is 6.57. The molecule has 13 heavy (non-hydrogen) atoms. The average Bonchev–Trinajstić information content (AvgIpc) is 2.12. The van der Waals surface area contributed by atoms with Crippen molar-refractivity contribution in [2.24, 2.45) is 0 Å². The molecule has 0 heterocycles. The van der Waals surface area contributed by atoms with E-state index in [-0.39, 0.29) is 17.1 Å². The Morgan fingerprint density at radius 2 is 2.08 bits per heavy atom. The summed E-state index contributed by atoms with van der Waals surface area (Å²) in [4.78, 5) is 0. The van der Waals surface area contributed by atoms with Crippen molar-refractivity contribution in [1.29, 1.82) is 0 Å². The van der Waals surface area contributed by atoms with Crippen molar-refractivity contribution in [3.63, 3.8) is 0 Å². The van der Waals surface area contributed by atoms with Crippen molar-refractivity contribution >= 4 is 17.3 Å². The summed E-state index contributed by atoms with van der Waals surface area (Å²) in [7, 11) is 0. The lowest BCUT2D eigenvalue weighted by Crippen LogP contribution is -1.96. The first-order valence-corrected chi connectivity index (χ1v) is 3.98. The summed E-state index contributed by atoms with van der Waals surface area (Å²) in [6, 6.07) is 2.22. The predicted molar refractivity (Wildman–Crippen MR) is 48.4 cm³/mol. The van der Waals surface area contributed by atoms with E-state index in [1.807, 2.05) is 0 Å². The standard InChI is InChI=1S/C9H6ClF2N/c10-5-1-2-6-8(13)4-3-7(11)9(6)12/h3-4H,5,13H2. The van der Waals surface area contributed by atoms with Crippen molar-refractivity contribution in [2.75, 3.05) is 11.6 Å². The fraction of sp³-hybridized carbons (Fsp3) is 0.111. The Morgan fingerprint density at radius 1 is 1.38 bits per heavy atom. The summed E-state index contributed by atoms with van der Waals surface area (Å²) in [5.74, 6) is 2.81. The monoisotopic (exact) mass is 201 g/mol. The van der Waals surface area contributed by atoms with Crippen LogP contribution in [0.1, 0.15) is 5.56 Å². The number of benzene rings is 1. The summed E-state index contributed by atoms with van der Waals surface area (Å²) in [6.45, 7) is 0. The van der Waals surface area contributed by atoms with Gasteiger partial charge in [0.15, 0.2) is 11.6 Å². The first kappa shape index (κ1) is 9.82. The quantitative estimate of drug-likeness (QED) is 0.389. The highest BCUT2D eigenvalue weighted by Gasteiger charge is 2.08. The van der Waals surface area contributed by atoms with Crippen molar-refractivity contribution in [2.45, 2.75) is 0 Å². The Labute approximate surface area is 79.5 Å². The van der Waals surface area contributed by atoms with Crippen molar-refractivity contribution in [3.8, 4) is 11.8 Å². The number of hydrogen-bond acceptors (Lipinski definition) is 1. The molecule has 68 valence electrons. The Morgan fingerprint density at radius 3 is 2.69 bits per heavy atom. The zero-order chi connectivity index (χ0) is 9.84. The van der Waals surface area contributed by atoms with Crippen LogP contribution in [0, 0.1) is 23.5 Å². The number of anilines is 1. The number of alkyl halides is 1. The molecule has 0 aliphatic rings. The van der Waals surface area contributed by atoms with Gasteiger partial charge in [-0.15, -0.1) is 11.6 Å². The minimum atomic E-state index is -1.03. The number of rotatable bonds is 0. The van der Waals surface area contributed by atoms with Gasteiger partial charge in [0.1, 0.15) is 0 Å². The minimum Gasteiger partial charge on any atom is -0.398 e. The third-order valence-electron chi connectivity index (χ3n) is 1.41. The lowest BCUT2D eigenvalue weighted by Gasteiger charge is -1.99. The van der Waals surface area contributed by atoms with E-state index < -0.39 is 11.6 Å². The Hall–Kier alpha value is -1.27. The Balaban J connectivity index is 3.25. The van der Waals surface area contributed by atoms with Crippen LogP contribution in [-0.2, 0) is 0 Å². The van der Waals surface area contributed by atoms with Gasteiger partial charge in [-0.3, -0.25) is 0 Å². The summed E-state index contributed by atoms with van der Waals surface area (Å²) >= 11 is 5.27. The van der Waals surface area contributed by atoms with Gasteiger partial charge >= 0.3 is 0 Å². The van der Waals surface area contributed by atoms with Gasteiger partial charge in [0.2, 0.25) is 0 Å². The molecule has 0 fully saturated rings. The molecule has 0 spiro atoms. The second kappa shape index (κ2) is 4.11.